The van der Waals surface area contributed by atoms with Crippen LogP contribution in [0.25, 0.3) is 0 Å². The highest BCUT2D eigenvalue weighted by Gasteiger charge is 2.44. The van der Waals surface area contributed by atoms with Crippen LogP contribution in [0.2, 0.25) is 0 Å². The number of aryl methyl sites for hydroxylation is 1. The number of aromatic nitrogens is 2. The molecule has 0 radical (unpaired) electrons. The number of hydrogen-bond donors (Lipinski definition) is 3. The summed E-state index contributed by atoms with van der Waals surface area (Å²) in [7, 11) is 0. The molecule has 18 heavy (non-hydrogen) atoms. The van der Waals surface area contributed by atoms with E-state index in [-0.39, 0.29) is 0 Å². The van der Waals surface area contributed by atoms with Crippen LogP contribution in [0.4, 0.5) is 0 Å². The Bertz CT molecular complexity index is 567. The van der Waals surface area contributed by atoms with E-state index in [0.29, 0.717) is 17.7 Å². The number of hydrogen-bond acceptors (Lipinski definition) is 5. The van der Waals surface area contributed by atoms with Crippen molar-refractivity contribution in [1.29, 1.82) is 0 Å². The Hall–Kier alpha value is -1.05. The maximum atomic E-state index is 11.7. The molecule has 0 amide bonds. The van der Waals surface area contributed by atoms with Crippen LogP contribution in [0.5, 0.6) is 0 Å². The predicted octanol–water partition coefficient (Wildman–Crippen LogP) is -0.187. The topological polar surface area (TPSA) is 84.3 Å². The molecule has 0 bridgehead atoms. The van der Waals surface area contributed by atoms with Crippen molar-refractivity contribution in [2.24, 2.45) is 0 Å². The van der Waals surface area contributed by atoms with Gasteiger partial charge in [0.1, 0.15) is 11.8 Å². The molecule has 1 saturated heterocycles. The van der Waals surface area contributed by atoms with Crippen LogP contribution >= 0.6 is 12.6 Å². The molecular formula is C11H16N2O4S. The SMILES string of the molecule is Cc1cn([C@H]2C[C@H](O)[C@@]([14CH3])(CS)O2)c(=O)[nH]c1=O. The standard InChI is InChI=1S/C11H16N2O4S/c1-6-4-13(10(16)12-9(6)15)8-3-7(14)11(2,5-18)17-8/h4,7-8,14,18H,3,5H2,1-2H3,(H,12,15,16)/t7-,8+,11+/m0/s1/i2+2. The van der Waals surface area contributed by atoms with Crippen LogP contribution < -0.4 is 11.2 Å². The largest absolute Gasteiger partial charge is 0.390 e. The number of nitrogens with one attached hydrogen (secondary N) is 1. The van der Waals surface area contributed by atoms with E-state index >= 15 is 0 Å². The second-order valence-electron chi connectivity index (χ2n) is 4.77. The summed E-state index contributed by atoms with van der Waals surface area (Å²) in [6.45, 7) is 3.35. The number of aliphatic hydroxyl groups excluding tert-OH is 1. The number of H-pyrrole nitrogens is 1. The number of rotatable bonds is 2. The average Bonchev–Trinajstić information content (AvgIpc) is 2.61. The van der Waals surface area contributed by atoms with Crippen molar-refractivity contribution < 1.29 is 9.84 Å². The molecular weight excluding hydrogens is 258 g/mol. The fourth-order valence-electron chi connectivity index (χ4n) is 1.99. The van der Waals surface area contributed by atoms with Gasteiger partial charge in [0.05, 0.1) is 6.10 Å². The zero-order valence-electron chi connectivity index (χ0n) is 10.2. The Morgan fingerprint density at radius 2 is 2.39 bits per heavy atom. The summed E-state index contributed by atoms with van der Waals surface area (Å²) >= 11 is 4.15. The second-order valence-corrected chi connectivity index (χ2v) is 5.09. The van der Waals surface area contributed by atoms with Gasteiger partial charge in [-0.1, -0.05) is 0 Å². The fourth-order valence-corrected chi connectivity index (χ4v) is 2.28. The van der Waals surface area contributed by atoms with Gasteiger partial charge in [-0.2, -0.15) is 12.6 Å². The maximum absolute atomic E-state index is 11.7. The van der Waals surface area contributed by atoms with Crippen molar-refractivity contribution in [3.05, 3.63) is 32.6 Å². The van der Waals surface area contributed by atoms with Gasteiger partial charge in [-0.3, -0.25) is 14.3 Å². The van der Waals surface area contributed by atoms with Crippen molar-refractivity contribution in [2.45, 2.75) is 38.2 Å². The molecule has 2 heterocycles. The van der Waals surface area contributed by atoms with Crippen LogP contribution in [0.1, 0.15) is 25.1 Å². The molecule has 3 atom stereocenters. The second kappa shape index (κ2) is 4.56. The maximum Gasteiger partial charge on any atom is 0.330 e. The minimum absolute atomic E-state index is 0.294. The van der Waals surface area contributed by atoms with Crippen molar-refractivity contribution in [3.8, 4) is 0 Å². The van der Waals surface area contributed by atoms with Gasteiger partial charge in [0.15, 0.2) is 0 Å². The van der Waals surface area contributed by atoms with Gasteiger partial charge in [0.2, 0.25) is 0 Å². The van der Waals surface area contributed by atoms with Gasteiger partial charge in [0, 0.05) is 23.9 Å². The molecule has 2 N–H and O–H groups in total. The minimum atomic E-state index is -0.780. The third-order valence-corrected chi connectivity index (χ3v) is 3.93. The quantitative estimate of drug-likeness (QED) is 0.653. The van der Waals surface area contributed by atoms with E-state index in [0.717, 1.165) is 0 Å². The Morgan fingerprint density at radius 3 is 2.94 bits per heavy atom. The van der Waals surface area contributed by atoms with Gasteiger partial charge >= 0.3 is 5.69 Å². The van der Waals surface area contributed by atoms with Crippen molar-refractivity contribution in [2.75, 3.05) is 5.75 Å². The summed E-state index contributed by atoms with van der Waals surface area (Å²) in [5.41, 5.74) is -1.30. The Morgan fingerprint density at radius 1 is 1.72 bits per heavy atom. The summed E-state index contributed by atoms with van der Waals surface area (Å²) in [5, 5.41) is 9.93. The highest BCUT2D eigenvalue weighted by molar-refractivity contribution is 7.80. The number of aromatic amines is 1. The molecule has 100 valence electrons. The normalized spacial score (nSPS) is 31.8. The van der Waals surface area contributed by atoms with E-state index in [2.05, 4.69) is 17.6 Å². The number of aliphatic hydroxyl groups is 1. The number of thiol groups is 1. The van der Waals surface area contributed by atoms with Gasteiger partial charge < -0.3 is 9.84 Å². The summed E-state index contributed by atoms with van der Waals surface area (Å²) in [5.74, 6) is 0.349. The zero-order chi connectivity index (χ0) is 13.5. The summed E-state index contributed by atoms with van der Waals surface area (Å²) in [6.07, 6.45) is 0.463. The molecule has 0 spiro atoms. The van der Waals surface area contributed by atoms with E-state index in [1.54, 1.807) is 13.8 Å². The van der Waals surface area contributed by atoms with E-state index in [9.17, 15) is 14.7 Å². The molecule has 0 saturated carbocycles. The lowest BCUT2D eigenvalue weighted by Crippen LogP contribution is -2.38. The van der Waals surface area contributed by atoms with E-state index < -0.39 is 29.2 Å². The monoisotopic (exact) mass is 274 g/mol. The molecule has 0 aliphatic carbocycles. The first-order chi connectivity index (χ1) is 8.37. The molecule has 7 heteroatoms. The van der Waals surface area contributed by atoms with Gasteiger partial charge in [-0.25, -0.2) is 4.79 Å². The third kappa shape index (κ3) is 2.13. The molecule has 1 aliphatic rings. The number of ether oxygens (including phenoxy) is 1. The molecule has 1 aromatic rings. The molecule has 1 fully saturated rings. The first-order valence-corrected chi connectivity index (χ1v) is 6.29. The lowest BCUT2D eigenvalue weighted by atomic mass is 10.1. The number of nitrogens with zero attached hydrogens (tertiary/aromatic N) is 1. The molecule has 2 rings (SSSR count). The van der Waals surface area contributed by atoms with E-state index in [1.165, 1.54) is 10.8 Å². The molecule has 6 nitrogen and oxygen atoms in total. The van der Waals surface area contributed by atoms with E-state index in [1.807, 2.05) is 0 Å². The zero-order valence-corrected chi connectivity index (χ0v) is 11.1. The molecule has 0 unspecified atom stereocenters. The molecule has 0 aromatic carbocycles. The first kappa shape index (κ1) is 13.4. The van der Waals surface area contributed by atoms with Crippen LogP contribution in [-0.4, -0.2) is 32.1 Å². The van der Waals surface area contributed by atoms with Gasteiger partial charge in [0.25, 0.3) is 5.56 Å². The molecule has 1 aliphatic heterocycles. The highest BCUT2D eigenvalue weighted by atomic mass is 32.1. The molecule has 1 aromatic heterocycles. The summed E-state index contributed by atoms with van der Waals surface area (Å²) < 4.78 is 6.99. The predicted molar refractivity (Wildman–Crippen MR) is 69.1 cm³/mol. The lowest BCUT2D eigenvalue weighted by molar-refractivity contribution is -0.0761. The van der Waals surface area contributed by atoms with Gasteiger partial charge in [-0.15, -0.1) is 0 Å². The summed E-state index contributed by atoms with van der Waals surface area (Å²) in [4.78, 5) is 25.2. The Balaban J connectivity index is 2.38. The highest BCUT2D eigenvalue weighted by Crippen LogP contribution is 2.36. The first-order valence-electron chi connectivity index (χ1n) is 5.66. The average molecular weight is 274 g/mol. The third-order valence-electron chi connectivity index (χ3n) is 3.31. The Labute approximate surface area is 109 Å². The fraction of sp³-hybridized carbons (Fsp3) is 0.636. The van der Waals surface area contributed by atoms with Crippen LogP contribution in [0.3, 0.4) is 0 Å². The smallest absolute Gasteiger partial charge is 0.330 e. The minimum Gasteiger partial charge on any atom is -0.390 e. The van der Waals surface area contributed by atoms with Crippen molar-refractivity contribution >= 4 is 12.6 Å². The lowest BCUT2D eigenvalue weighted by Gasteiger charge is -2.25. The van der Waals surface area contributed by atoms with Crippen molar-refractivity contribution in [3.63, 3.8) is 0 Å². The van der Waals surface area contributed by atoms with E-state index in [4.69, 9.17) is 4.74 Å². The van der Waals surface area contributed by atoms with Crippen LogP contribution in [0, 0.1) is 6.92 Å². The Kier molecular flexibility index (Phi) is 3.39. The van der Waals surface area contributed by atoms with Crippen LogP contribution in [-0.2, 0) is 4.74 Å². The van der Waals surface area contributed by atoms with Crippen LogP contribution in [0.15, 0.2) is 15.8 Å². The van der Waals surface area contributed by atoms with Gasteiger partial charge in [-0.05, 0) is 13.8 Å². The van der Waals surface area contributed by atoms with Crippen molar-refractivity contribution in [1.82, 2.24) is 9.55 Å². The summed E-state index contributed by atoms with van der Waals surface area (Å²) in [6, 6.07) is 0.